The van der Waals surface area contributed by atoms with E-state index in [4.69, 9.17) is 9.15 Å². The summed E-state index contributed by atoms with van der Waals surface area (Å²) in [5.74, 6) is 0.779. The second-order valence-corrected chi connectivity index (χ2v) is 5.61. The van der Waals surface area contributed by atoms with Gasteiger partial charge in [-0.05, 0) is 24.5 Å². The number of hydrogen-bond acceptors (Lipinski definition) is 4. The number of carbonyl (C=O) groups excluding carboxylic acids is 1. The summed E-state index contributed by atoms with van der Waals surface area (Å²) >= 11 is 0. The molecule has 0 spiro atoms. The molecular formula is C17H19FN2O3. The van der Waals surface area contributed by atoms with Crippen LogP contribution in [0.25, 0.3) is 0 Å². The highest BCUT2D eigenvalue weighted by Crippen LogP contribution is 2.32. The fourth-order valence-electron chi connectivity index (χ4n) is 2.92. The second-order valence-electron chi connectivity index (χ2n) is 5.61. The van der Waals surface area contributed by atoms with E-state index in [1.54, 1.807) is 29.3 Å². The Kier molecular flexibility index (Phi) is 4.71. The predicted molar refractivity (Wildman–Crippen MR) is 81.3 cm³/mol. The second kappa shape index (κ2) is 6.91. The molecule has 0 bridgehead atoms. The van der Waals surface area contributed by atoms with Crippen LogP contribution in [-0.4, -0.2) is 36.1 Å². The molecule has 1 aromatic heterocycles. The van der Waals surface area contributed by atoms with Crippen LogP contribution in [0.4, 0.5) is 4.39 Å². The molecule has 0 unspecified atom stereocenters. The number of halogens is 1. The highest BCUT2D eigenvalue weighted by Gasteiger charge is 2.33. The monoisotopic (exact) mass is 318 g/mol. The molecule has 1 aliphatic rings. The first-order chi connectivity index (χ1) is 11.2. The van der Waals surface area contributed by atoms with E-state index in [0.717, 1.165) is 12.8 Å². The normalized spacial score (nSPS) is 17.7. The zero-order valence-electron chi connectivity index (χ0n) is 13.0. The van der Waals surface area contributed by atoms with Crippen molar-refractivity contribution in [2.24, 2.45) is 0 Å². The lowest BCUT2D eigenvalue weighted by molar-refractivity contribution is -0.136. The van der Waals surface area contributed by atoms with E-state index in [1.165, 1.54) is 13.2 Å². The van der Waals surface area contributed by atoms with Crippen molar-refractivity contribution >= 4 is 5.91 Å². The third-order valence-corrected chi connectivity index (χ3v) is 4.02. The molecule has 2 heterocycles. The Hall–Kier alpha value is -2.21. The Balaban J connectivity index is 1.74. The molecule has 23 heavy (non-hydrogen) atoms. The lowest BCUT2D eigenvalue weighted by Crippen LogP contribution is -2.33. The average molecular weight is 318 g/mol. The summed E-state index contributed by atoms with van der Waals surface area (Å²) in [7, 11) is 1.50. The number of benzene rings is 1. The largest absolute Gasteiger partial charge is 0.443 e. The van der Waals surface area contributed by atoms with Crippen LogP contribution in [0.5, 0.6) is 0 Å². The Morgan fingerprint density at radius 3 is 3.09 bits per heavy atom. The van der Waals surface area contributed by atoms with Crippen LogP contribution < -0.4 is 0 Å². The van der Waals surface area contributed by atoms with E-state index in [2.05, 4.69) is 4.98 Å². The summed E-state index contributed by atoms with van der Waals surface area (Å²) < 4.78 is 24.4. The maximum atomic E-state index is 13.7. The van der Waals surface area contributed by atoms with Gasteiger partial charge >= 0.3 is 0 Å². The number of aromatic nitrogens is 1. The molecule has 3 rings (SSSR count). The van der Waals surface area contributed by atoms with Crippen LogP contribution in [0.1, 0.15) is 36.1 Å². The molecule has 1 saturated heterocycles. The molecule has 1 aliphatic heterocycles. The molecule has 1 fully saturated rings. The average Bonchev–Trinajstić information content (AvgIpc) is 3.18. The van der Waals surface area contributed by atoms with Crippen molar-refractivity contribution in [1.29, 1.82) is 0 Å². The smallest absolute Gasteiger partial charge is 0.249 e. The zero-order chi connectivity index (χ0) is 16.2. The maximum absolute atomic E-state index is 13.7. The molecule has 5 nitrogen and oxygen atoms in total. The SMILES string of the molecule is COCC(=O)N1CCC[C@@H]1c1ncc(Cc2ccccc2F)o1. The van der Waals surface area contributed by atoms with Gasteiger partial charge in [-0.2, -0.15) is 0 Å². The third kappa shape index (κ3) is 3.42. The molecule has 0 saturated carbocycles. The van der Waals surface area contributed by atoms with Gasteiger partial charge in [0.05, 0.1) is 6.20 Å². The Labute approximate surface area is 134 Å². The van der Waals surface area contributed by atoms with Gasteiger partial charge < -0.3 is 14.1 Å². The predicted octanol–water partition coefficient (Wildman–Crippen LogP) is 2.71. The lowest BCUT2D eigenvalue weighted by Gasteiger charge is -2.21. The van der Waals surface area contributed by atoms with Crippen molar-refractivity contribution < 1.29 is 18.3 Å². The number of rotatable bonds is 5. The zero-order valence-corrected chi connectivity index (χ0v) is 13.0. The van der Waals surface area contributed by atoms with E-state index in [-0.39, 0.29) is 24.4 Å². The first kappa shape index (κ1) is 15.7. The van der Waals surface area contributed by atoms with E-state index < -0.39 is 0 Å². The van der Waals surface area contributed by atoms with Crippen molar-refractivity contribution in [1.82, 2.24) is 9.88 Å². The molecule has 0 N–H and O–H groups in total. The standard InChI is InChI=1S/C17H19FN2O3/c1-22-11-16(21)20-8-4-7-15(20)17-19-10-13(23-17)9-12-5-2-3-6-14(12)18/h2-3,5-6,10,15H,4,7-9,11H2,1H3/t15-/m1/s1. The van der Waals surface area contributed by atoms with Gasteiger partial charge in [0, 0.05) is 20.1 Å². The van der Waals surface area contributed by atoms with Crippen molar-refractivity contribution in [3.05, 3.63) is 53.5 Å². The number of methoxy groups -OCH3 is 1. The van der Waals surface area contributed by atoms with Gasteiger partial charge in [0.1, 0.15) is 24.2 Å². The van der Waals surface area contributed by atoms with Crippen molar-refractivity contribution in [3.8, 4) is 0 Å². The number of carbonyl (C=O) groups is 1. The number of nitrogens with zero attached hydrogens (tertiary/aromatic N) is 2. The van der Waals surface area contributed by atoms with E-state index >= 15 is 0 Å². The summed E-state index contributed by atoms with van der Waals surface area (Å²) in [6.07, 6.45) is 3.68. The highest BCUT2D eigenvalue weighted by atomic mass is 19.1. The number of ether oxygens (including phenoxy) is 1. The Bertz CT molecular complexity index is 686. The molecule has 2 aromatic rings. The number of hydrogen-bond donors (Lipinski definition) is 0. The third-order valence-electron chi connectivity index (χ3n) is 4.02. The van der Waals surface area contributed by atoms with Crippen LogP contribution in [0.15, 0.2) is 34.9 Å². The van der Waals surface area contributed by atoms with E-state index in [1.807, 2.05) is 0 Å². The lowest BCUT2D eigenvalue weighted by atomic mass is 10.1. The summed E-state index contributed by atoms with van der Waals surface area (Å²) in [5, 5.41) is 0. The maximum Gasteiger partial charge on any atom is 0.249 e. The highest BCUT2D eigenvalue weighted by molar-refractivity contribution is 5.78. The van der Waals surface area contributed by atoms with Gasteiger partial charge in [0.2, 0.25) is 11.8 Å². The van der Waals surface area contributed by atoms with Gasteiger partial charge in [-0.15, -0.1) is 0 Å². The summed E-state index contributed by atoms with van der Waals surface area (Å²) in [4.78, 5) is 18.1. The number of likely N-dealkylation sites (tertiary alicyclic amines) is 1. The first-order valence-electron chi connectivity index (χ1n) is 7.65. The number of oxazole rings is 1. The van der Waals surface area contributed by atoms with E-state index in [0.29, 0.717) is 30.2 Å². The molecular weight excluding hydrogens is 299 g/mol. The summed E-state index contributed by atoms with van der Waals surface area (Å²) in [6.45, 7) is 0.733. The van der Waals surface area contributed by atoms with Gasteiger partial charge in [0.25, 0.3) is 0 Å². The minimum Gasteiger partial charge on any atom is -0.443 e. The summed E-state index contributed by atoms with van der Waals surface area (Å²) in [6, 6.07) is 6.43. The van der Waals surface area contributed by atoms with Crippen LogP contribution in [0, 0.1) is 5.82 Å². The van der Waals surface area contributed by atoms with Crippen molar-refractivity contribution in [3.63, 3.8) is 0 Å². The quantitative estimate of drug-likeness (QED) is 0.850. The van der Waals surface area contributed by atoms with Gasteiger partial charge in [-0.25, -0.2) is 9.37 Å². The van der Waals surface area contributed by atoms with Crippen LogP contribution in [0.2, 0.25) is 0 Å². The fourth-order valence-corrected chi connectivity index (χ4v) is 2.92. The van der Waals surface area contributed by atoms with Gasteiger partial charge in [-0.3, -0.25) is 4.79 Å². The van der Waals surface area contributed by atoms with Crippen molar-refractivity contribution in [2.75, 3.05) is 20.3 Å². The molecule has 6 heteroatoms. The summed E-state index contributed by atoms with van der Waals surface area (Å²) in [5.41, 5.74) is 0.564. The first-order valence-corrected chi connectivity index (χ1v) is 7.65. The fraction of sp³-hybridized carbons (Fsp3) is 0.412. The van der Waals surface area contributed by atoms with Gasteiger partial charge in [-0.1, -0.05) is 18.2 Å². The molecule has 1 aromatic carbocycles. The van der Waals surface area contributed by atoms with Crippen LogP contribution in [0.3, 0.4) is 0 Å². The molecule has 0 aliphatic carbocycles. The molecule has 1 amide bonds. The van der Waals surface area contributed by atoms with E-state index in [9.17, 15) is 9.18 Å². The number of amides is 1. The van der Waals surface area contributed by atoms with Crippen molar-refractivity contribution in [2.45, 2.75) is 25.3 Å². The van der Waals surface area contributed by atoms with Crippen LogP contribution in [-0.2, 0) is 16.0 Å². The molecule has 122 valence electrons. The van der Waals surface area contributed by atoms with Gasteiger partial charge in [0.15, 0.2) is 0 Å². The Morgan fingerprint density at radius 1 is 1.48 bits per heavy atom. The topological polar surface area (TPSA) is 55.6 Å². The van der Waals surface area contributed by atoms with Crippen LogP contribution >= 0.6 is 0 Å². The molecule has 0 radical (unpaired) electrons. The minimum absolute atomic E-state index is 0.0549. The molecule has 1 atom stereocenters. The Morgan fingerprint density at radius 2 is 2.30 bits per heavy atom. The minimum atomic E-state index is -0.261.